The number of ether oxygens (including phenoxy) is 2. The van der Waals surface area contributed by atoms with Gasteiger partial charge in [-0.3, -0.25) is 4.79 Å². The fourth-order valence-electron chi connectivity index (χ4n) is 3.45. The van der Waals surface area contributed by atoms with Crippen LogP contribution in [0.2, 0.25) is 0 Å². The van der Waals surface area contributed by atoms with E-state index < -0.39 is 6.29 Å². The van der Waals surface area contributed by atoms with Crippen molar-refractivity contribution in [3.05, 3.63) is 70.2 Å². The number of aryl methyl sites for hydroxylation is 1. The van der Waals surface area contributed by atoms with E-state index in [-0.39, 0.29) is 24.7 Å². The summed E-state index contributed by atoms with van der Waals surface area (Å²) < 4.78 is 13.6. The van der Waals surface area contributed by atoms with Crippen molar-refractivity contribution >= 4 is 34.7 Å². The van der Waals surface area contributed by atoms with E-state index in [0.29, 0.717) is 6.42 Å². The van der Waals surface area contributed by atoms with Crippen LogP contribution in [0.15, 0.2) is 52.9 Å². The van der Waals surface area contributed by atoms with E-state index in [1.54, 1.807) is 23.1 Å². The number of aromatic nitrogens is 2. The number of nitrogens with one attached hydrogen (secondary N) is 1. The van der Waals surface area contributed by atoms with Gasteiger partial charge in [-0.25, -0.2) is 0 Å². The van der Waals surface area contributed by atoms with Gasteiger partial charge in [0.05, 0.1) is 18.8 Å². The number of nitrogens with zero attached hydrogens (tertiary/aromatic N) is 2. The number of rotatable bonds is 7. The van der Waals surface area contributed by atoms with Crippen LogP contribution in [0.25, 0.3) is 0 Å². The number of hydrogen-bond acceptors (Lipinski definition) is 8. The second kappa shape index (κ2) is 10.5. The van der Waals surface area contributed by atoms with E-state index in [4.69, 9.17) is 9.47 Å². The Hall–Kier alpha value is -2.30. The van der Waals surface area contributed by atoms with Crippen LogP contribution >= 0.6 is 23.1 Å². The number of aliphatic hydroxyl groups excluding tert-OH is 1. The first-order valence-electron chi connectivity index (χ1n) is 10.3. The van der Waals surface area contributed by atoms with Crippen molar-refractivity contribution in [3.63, 3.8) is 0 Å². The zero-order chi connectivity index (χ0) is 22.5. The molecule has 1 saturated heterocycles. The molecule has 3 atom stereocenters. The molecule has 1 amide bonds. The number of hydrogen-bond donors (Lipinski definition) is 2. The zero-order valence-electron chi connectivity index (χ0n) is 17.9. The summed E-state index contributed by atoms with van der Waals surface area (Å²) in [6.07, 6.45) is 0.00201. The summed E-state index contributed by atoms with van der Waals surface area (Å²) in [6, 6.07) is 15.3. The lowest BCUT2D eigenvalue weighted by molar-refractivity contribution is -0.245. The van der Waals surface area contributed by atoms with Crippen LogP contribution in [0, 0.1) is 6.92 Å². The number of amides is 1. The Balaban J connectivity index is 1.51. The number of thioether (sulfide) groups is 1. The SMILES string of the molecule is CC(=O)Nc1ccc(C2OC(CSc3nnc(C)s3)CC(c3ccc(CO)cc3)O2)cc1. The van der Waals surface area contributed by atoms with Crippen LogP contribution in [0.5, 0.6) is 0 Å². The molecular formula is C23H25N3O4S2. The lowest BCUT2D eigenvalue weighted by atomic mass is 10.0. The predicted octanol–water partition coefficient (Wildman–Crippen LogP) is 4.63. The average Bonchev–Trinajstić information content (AvgIpc) is 3.23. The molecule has 1 aliphatic heterocycles. The second-order valence-electron chi connectivity index (χ2n) is 7.55. The van der Waals surface area contributed by atoms with E-state index >= 15 is 0 Å². The van der Waals surface area contributed by atoms with Crippen molar-refractivity contribution < 1.29 is 19.4 Å². The summed E-state index contributed by atoms with van der Waals surface area (Å²) in [6.45, 7) is 3.44. The molecule has 32 heavy (non-hydrogen) atoms. The van der Waals surface area contributed by atoms with Crippen LogP contribution in [0.1, 0.15) is 47.4 Å². The number of carbonyl (C=O) groups is 1. The van der Waals surface area contributed by atoms with E-state index in [9.17, 15) is 9.90 Å². The van der Waals surface area contributed by atoms with Crippen molar-refractivity contribution in [3.8, 4) is 0 Å². The summed E-state index contributed by atoms with van der Waals surface area (Å²) in [5, 5.41) is 21.3. The molecule has 2 N–H and O–H groups in total. The van der Waals surface area contributed by atoms with Gasteiger partial charge in [0.15, 0.2) is 10.6 Å². The van der Waals surface area contributed by atoms with Crippen LogP contribution in [0.4, 0.5) is 5.69 Å². The lowest BCUT2D eigenvalue weighted by Crippen LogP contribution is -2.31. The quantitative estimate of drug-likeness (QED) is 0.485. The maximum absolute atomic E-state index is 11.3. The van der Waals surface area contributed by atoms with E-state index in [1.165, 1.54) is 6.92 Å². The molecule has 9 heteroatoms. The number of anilines is 1. The summed E-state index contributed by atoms with van der Waals surface area (Å²) in [5.74, 6) is 0.627. The summed E-state index contributed by atoms with van der Waals surface area (Å²) in [7, 11) is 0. The van der Waals surface area contributed by atoms with Gasteiger partial charge in [-0.1, -0.05) is 59.5 Å². The molecule has 1 aliphatic rings. The van der Waals surface area contributed by atoms with E-state index in [1.807, 2.05) is 55.5 Å². The van der Waals surface area contributed by atoms with Gasteiger partial charge in [0, 0.05) is 30.3 Å². The van der Waals surface area contributed by atoms with Crippen molar-refractivity contribution in [1.29, 1.82) is 0 Å². The number of aliphatic hydroxyl groups is 1. The first kappa shape index (κ1) is 22.9. The fourth-order valence-corrected chi connectivity index (χ4v) is 5.31. The standard InChI is InChI=1S/C23H25N3O4S2/c1-14(28)24-19-9-7-18(8-10-19)22-29-20(13-31-23-26-25-15(2)32-23)11-21(30-22)17-5-3-16(12-27)4-6-17/h3-10,20-22,27H,11-13H2,1-2H3,(H,24,28). The largest absolute Gasteiger partial charge is 0.392 e. The highest BCUT2D eigenvalue weighted by Gasteiger charge is 2.32. The molecule has 0 spiro atoms. The van der Waals surface area contributed by atoms with E-state index in [0.717, 1.165) is 37.5 Å². The highest BCUT2D eigenvalue weighted by Crippen LogP contribution is 2.39. The van der Waals surface area contributed by atoms with Gasteiger partial charge < -0.3 is 19.9 Å². The maximum Gasteiger partial charge on any atom is 0.221 e. The highest BCUT2D eigenvalue weighted by atomic mass is 32.2. The lowest BCUT2D eigenvalue weighted by Gasteiger charge is -2.36. The smallest absolute Gasteiger partial charge is 0.221 e. The Morgan fingerprint density at radius 1 is 1.12 bits per heavy atom. The highest BCUT2D eigenvalue weighted by molar-refractivity contribution is 8.01. The Morgan fingerprint density at radius 3 is 2.47 bits per heavy atom. The first-order chi connectivity index (χ1) is 15.5. The molecule has 2 aromatic carbocycles. The third-order valence-electron chi connectivity index (χ3n) is 5.02. The van der Waals surface area contributed by atoms with Gasteiger partial charge in [0.2, 0.25) is 5.91 Å². The fraction of sp³-hybridized carbons (Fsp3) is 0.348. The topological polar surface area (TPSA) is 93.6 Å². The second-order valence-corrected chi connectivity index (χ2v) is 10.0. The molecule has 2 heterocycles. The Bertz CT molecular complexity index is 1040. The van der Waals surface area contributed by atoms with Crippen molar-refractivity contribution in [2.75, 3.05) is 11.1 Å². The monoisotopic (exact) mass is 471 g/mol. The Kier molecular flexibility index (Phi) is 7.54. The molecule has 0 bridgehead atoms. The van der Waals surface area contributed by atoms with Crippen LogP contribution in [-0.4, -0.2) is 33.1 Å². The Labute approximate surface area is 195 Å². The molecular weight excluding hydrogens is 446 g/mol. The normalized spacial score (nSPS) is 20.8. The average molecular weight is 472 g/mol. The minimum atomic E-state index is -0.528. The minimum Gasteiger partial charge on any atom is -0.392 e. The predicted molar refractivity (Wildman–Crippen MR) is 125 cm³/mol. The first-order valence-corrected chi connectivity index (χ1v) is 12.1. The van der Waals surface area contributed by atoms with E-state index in [2.05, 4.69) is 15.5 Å². The van der Waals surface area contributed by atoms with Crippen LogP contribution in [0.3, 0.4) is 0 Å². The zero-order valence-corrected chi connectivity index (χ0v) is 19.5. The maximum atomic E-state index is 11.3. The van der Waals surface area contributed by atoms with Gasteiger partial charge in [0.1, 0.15) is 5.01 Å². The number of benzene rings is 2. The molecule has 3 aromatic rings. The Morgan fingerprint density at radius 2 is 1.84 bits per heavy atom. The molecule has 3 unspecified atom stereocenters. The summed E-state index contributed by atoms with van der Waals surface area (Å²) >= 11 is 3.22. The van der Waals surface area contributed by atoms with Gasteiger partial charge in [0.25, 0.3) is 0 Å². The molecule has 0 aliphatic carbocycles. The minimum absolute atomic E-state index is 0.0126. The van der Waals surface area contributed by atoms with Crippen LogP contribution in [-0.2, 0) is 20.9 Å². The molecule has 1 fully saturated rings. The third-order valence-corrected chi connectivity index (χ3v) is 7.12. The van der Waals surface area contributed by atoms with Gasteiger partial charge in [-0.15, -0.1) is 10.2 Å². The number of carbonyl (C=O) groups excluding carboxylic acids is 1. The molecule has 168 valence electrons. The summed E-state index contributed by atoms with van der Waals surface area (Å²) in [4.78, 5) is 11.3. The van der Waals surface area contributed by atoms with Crippen molar-refractivity contribution in [2.24, 2.45) is 0 Å². The molecule has 0 saturated carbocycles. The van der Waals surface area contributed by atoms with Gasteiger partial charge in [-0.2, -0.15) is 0 Å². The van der Waals surface area contributed by atoms with Crippen molar-refractivity contribution in [1.82, 2.24) is 10.2 Å². The van der Waals surface area contributed by atoms with Gasteiger partial charge >= 0.3 is 0 Å². The van der Waals surface area contributed by atoms with Crippen LogP contribution < -0.4 is 5.32 Å². The molecule has 0 radical (unpaired) electrons. The van der Waals surface area contributed by atoms with Gasteiger partial charge in [-0.05, 0) is 30.2 Å². The summed E-state index contributed by atoms with van der Waals surface area (Å²) in [5.41, 5.74) is 3.53. The van der Waals surface area contributed by atoms with Crippen molar-refractivity contribution in [2.45, 2.75) is 49.7 Å². The third kappa shape index (κ3) is 5.93. The molecule has 7 nitrogen and oxygen atoms in total. The molecule has 4 rings (SSSR count). The molecule has 1 aromatic heterocycles.